The molecule has 4 heteroatoms. The lowest BCUT2D eigenvalue weighted by Crippen LogP contribution is -2.29. The van der Waals surface area contributed by atoms with Crippen molar-refractivity contribution in [2.75, 3.05) is 6.61 Å². The molecular weight excluding hydrogens is 272 g/mol. The first-order chi connectivity index (χ1) is 9.73. The Morgan fingerprint density at radius 3 is 2.55 bits per heavy atom. The predicted molar refractivity (Wildman–Crippen MR) is 80.0 cm³/mol. The van der Waals surface area contributed by atoms with Crippen molar-refractivity contribution in [2.24, 2.45) is 0 Å². The molecule has 3 rings (SSSR count). The Morgan fingerprint density at radius 1 is 1.20 bits per heavy atom. The van der Waals surface area contributed by atoms with E-state index in [0.29, 0.717) is 17.7 Å². The zero-order valence-corrected chi connectivity index (χ0v) is 13.0. The van der Waals surface area contributed by atoms with Crippen LogP contribution in [0.15, 0.2) is 6.07 Å². The Morgan fingerprint density at radius 2 is 1.90 bits per heavy atom. The summed E-state index contributed by atoms with van der Waals surface area (Å²) in [6.07, 6.45) is 9.49. The van der Waals surface area contributed by atoms with Crippen LogP contribution in [0, 0.1) is 0 Å². The Balaban J connectivity index is 1.95. The van der Waals surface area contributed by atoms with Crippen LogP contribution in [-0.2, 0) is 10.3 Å². The van der Waals surface area contributed by atoms with Crippen molar-refractivity contribution < 1.29 is 4.74 Å². The fraction of sp³-hybridized carbons (Fsp3) is 0.750. The molecule has 1 aromatic rings. The molecule has 0 atom stereocenters. The second-order valence-electron chi connectivity index (χ2n) is 6.05. The van der Waals surface area contributed by atoms with Crippen LogP contribution in [0.5, 0.6) is 0 Å². The van der Waals surface area contributed by atoms with E-state index in [9.17, 15) is 0 Å². The predicted octanol–water partition coefficient (Wildman–Crippen LogP) is 4.59. The molecule has 0 radical (unpaired) electrons. The van der Waals surface area contributed by atoms with Gasteiger partial charge in [0.25, 0.3) is 0 Å². The summed E-state index contributed by atoms with van der Waals surface area (Å²) in [5, 5.41) is 0.572. The third kappa shape index (κ3) is 2.71. The van der Waals surface area contributed by atoms with Gasteiger partial charge in [-0.05, 0) is 51.5 Å². The third-order valence-electron chi connectivity index (χ3n) is 4.73. The summed E-state index contributed by atoms with van der Waals surface area (Å²) in [4.78, 5) is 9.38. The smallest absolute Gasteiger partial charge is 0.162 e. The second kappa shape index (κ2) is 5.98. The fourth-order valence-electron chi connectivity index (χ4n) is 3.72. The SMILES string of the molecule is CCOC1(c2nc(Cl)cc(C3CCCC3)n2)CCCC1. The molecule has 2 saturated carbocycles. The van der Waals surface area contributed by atoms with Gasteiger partial charge >= 0.3 is 0 Å². The Bertz CT molecular complexity index is 466. The number of halogens is 1. The molecule has 0 spiro atoms. The van der Waals surface area contributed by atoms with Gasteiger partial charge in [-0.25, -0.2) is 9.97 Å². The summed E-state index contributed by atoms with van der Waals surface area (Å²) >= 11 is 6.26. The van der Waals surface area contributed by atoms with E-state index < -0.39 is 0 Å². The van der Waals surface area contributed by atoms with E-state index in [0.717, 1.165) is 24.4 Å². The Kier molecular flexibility index (Phi) is 4.27. The first-order valence-corrected chi connectivity index (χ1v) is 8.30. The lowest BCUT2D eigenvalue weighted by molar-refractivity contribution is -0.0458. The van der Waals surface area contributed by atoms with Crippen molar-refractivity contribution in [3.8, 4) is 0 Å². The molecule has 2 aliphatic rings. The Hall–Kier alpha value is -0.670. The maximum Gasteiger partial charge on any atom is 0.162 e. The van der Waals surface area contributed by atoms with Crippen molar-refractivity contribution in [3.05, 3.63) is 22.7 Å². The molecular formula is C16H23ClN2O. The Labute approximate surface area is 126 Å². The molecule has 0 N–H and O–H groups in total. The molecule has 0 amide bonds. The molecule has 0 aliphatic heterocycles. The van der Waals surface area contributed by atoms with Gasteiger partial charge in [0.05, 0.1) is 0 Å². The van der Waals surface area contributed by atoms with Crippen LogP contribution in [0.4, 0.5) is 0 Å². The molecule has 0 aromatic carbocycles. The van der Waals surface area contributed by atoms with Gasteiger partial charge in [-0.3, -0.25) is 0 Å². The molecule has 1 aromatic heterocycles. The highest BCUT2D eigenvalue weighted by atomic mass is 35.5. The summed E-state index contributed by atoms with van der Waals surface area (Å²) in [7, 11) is 0. The van der Waals surface area contributed by atoms with Crippen molar-refractivity contribution in [2.45, 2.75) is 69.8 Å². The first-order valence-electron chi connectivity index (χ1n) is 7.92. The van der Waals surface area contributed by atoms with Crippen LogP contribution < -0.4 is 0 Å². The number of hydrogen-bond donors (Lipinski definition) is 0. The minimum atomic E-state index is -0.285. The summed E-state index contributed by atoms with van der Waals surface area (Å²) < 4.78 is 6.07. The number of ether oxygens (including phenoxy) is 1. The van der Waals surface area contributed by atoms with E-state index in [1.807, 2.05) is 13.0 Å². The van der Waals surface area contributed by atoms with Crippen molar-refractivity contribution in [1.29, 1.82) is 0 Å². The van der Waals surface area contributed by atoms with E-state index in [2.05, 4.69) is 4.98 Å². The molecule has 0 bridgehead atoms. The van der Waals surface area contributed by atoms with Crippen LogP contribution in [0.1, 0.15) is 75.7 Å². The third-order valence-corrected chi connectivity index (χ3v) is 4.92. The standard InChI is InChI=1S/C16H23ClN2O/c1-2-20-16(9-5-6-10-16)15-18-13(11-14(17)19-15)12-7-3-4-8-12/h11-12H,2-10H2,1H3. The van der Waals surface area contributed by atoms with Gasteiger partial charge in [0, 0.05) is 18.2 Å². The number of hydrogen-bond acceptors (Lipinski definition) is 3. The minimum Gasteiger partial charge on any atom is -0.367 e. The molecule has 3 nitrogen and oxygen atoms in total. The average molecular weight is 295 g/mol. The summed E-state index contributed by atoms with van der Waals surface area (Å²) in [6, 6.07) is 1.95. The molecule has 1 heterocycles. The molecule has 0 saturated heterocycles. The highest BCUT2D eigenvalue weighted by molar-refractivity contribution is 6.29. The summed E-state index contributed by atoms with van der Waals surface area (Å²) in [5.74, 6) is 1.39. The van der Waals surface area contributed by atoms with E-state index in [-0.39, 0.29) is 5.60 Å². The molecule has 0 unspecified atom stereocenters. The van der Waals surface area contributed by atoms with E-state index >= 15 is 0 Å². The maximum atomic E-state index is 6.26. The molecule has 20 heavy (non-hydrogen) atoms. The second-order valence-corrected chi connectivity index (χ2v) is 6.44. The van der Waals surface area contributed by atoms with E-state index in [1.165, 1.54) is 38.5 Å². The lowest BCUT2D eigenvalue weighted by Gasteiger charge is -2.28. The lowest BCUT2D eigenvalue weighted by atomic mass is 9.99. The summed E-state index contributed by atoms with van der Waals surface area (Å²) in [5.41, 5.74) is 0.844. The number of rotatable bonds is 4. The highest BCUT2D eigenvalue weighted by Crippen LogP contribution is 2.42. The van der Waals surface area contributed by atoms with Crippen molar-refractivity contribution in [3.63, 3.8) is 0 Å². The monoisotopic (exact) mass is 294 g/mol. The van der Waals surface area contributed by atoms with Crippen molar-refractivity contribution in [1.82, 2.24) is 9.97 Å². The number of aromatic nitrogens is 2. The largest absolute Gasteiger partial charge is 0.367 e. The van der Waals surface area contributed by atoms with Gasteiger partial charge in [0.1, 0.15) is 10.8 Å². The molecule has 110 valence electrons. The highest BCUT2D eigenvalue weighted by Gasteiger charge is 2.40. The molecule has 2 aliphatic carbocycles. The average Bonchev–Trinajstić information content (AvgIpc) is 3.10. The van der Waals surface area contributed by atoms with Crippen LogP contribution >= 0.6 is 11.6 Å². The fourth-order valence-corrected chi connectivity index (χ4v) is 3.92. The zero-order valence-electron chi connectivity index (χ0n) is 12.2. The first kappa shape index (κ1) is 14.3. The topological polar surface area (TPSA) is 35.0 Å². The quantitative estimate of drug-likeness (QED) is 0.762. The van der Waals surface area contributed by atoms with E-state index in [4.69, 9.17) is 21.3 Å². The van der Waals surface area contributed by atoms with Crippen LogP contribution in [0.2, 0.25) is 5.15 Å². The van der Waals surface area contributed by atoms with Gasteiger partial charge in [-0.2, -0.15) is 0 Å². The van der Waals surface area contributed by atoms with E-state index in [1.54, 1.807) is 0 Å². The molecule has 2 fully saturated rings. The zero-order chi connectivity index (χ0) is 14.0. The van der Waals surface area contributed by atoms with Gasteiger partial charge in [0.15, 0.2) is 5.82 Å². The van der Waals surface area contributed by atoms with Crippen molar-refractivity contribution >= 4 is 11.6 Å². The maximum absolute atomic E-state index is 6.26. The van der Waals surface area contributed by atoms with Crippen LogP contribution in [0.3, 0.4) is 0 Å². The minimum absolute atomic E-state index is 0.285. The van der Waals surface area contributed by atoms with Gasteiger partial charge in [0.2, 0.25) is 0 Å². The van der Waals surface area contributed by atoms with Gasteiger partial charge < -0.3 is 4.74 Å². The van der Waals surface area contributed by atoms with Gasteiger partial charge in [-0.1, -0.05) is 24.4 Å². The van der Waals surface area contributed by atoms with Gasteiger partial charge in [-0.15, -0.1) is 0 Å². The van der Waals surface area contributed by atoms with Crippen LogP contribution in [0.25, 0.3) is 0 Å². The van der Waals surface area contributed by atoms with Crippen LogP contribution in [-0.4, -0.2) is 16.6 Å². The normalized spacial score (nSPS) is 22.5. The summed E-state index contributed by atoms with van der Waals surface area (Å²) in [6.45, 7) is 2.75. The number of nitrogens with zero attached hydrogens (tertiary/aromatic N) is 2.